The van der Waals surface area contributed by atoms with Crippen LogP contribution in [0.2, 0.25) is 0 Å². The molecule has 3 nitrogen and oxygen atoms in total. The van der Waals surface area contributed by atoms with Crippen molar-refractivity contribution in [1.82, 2.24) is 4.31 Å². The van der Waals surface area contributed by atoms with E-state index in [1.807, 2.05) is 0 Å². The Bertz CT molecular complexity index is 495. The van der Waals surface area contributed by atoms with Gasteiger partial charge in [0, 0.05) is 13.1 Å². The Hall–Kier alpha value is 0.0900. The zero-order valence-corrected chi connectivity index (χ0v) is 13.1. The zero-order valence-electron chi connectivity index (χ0n) is 9.89. The lowest BCUT2D eigenvalue weighted by molar-refractivity contribution is 0.389. The van der Waals surface area contributed by atoms with Gasteiger partial charge in [0.2, 0.25) is 0 Å². The first-order valence-corrected chi connectivity index (χ1v) is 8.71. The quantitative estimate of drug-likeness (QED) is 0.849. The van der Waals surface area contributed by atoms with Gasteiger partial charge in [-0.15, -0.1) is 11.3 Å². The predicted octanol–water partition coefficient (Wildman–Crippen LogP) is 3.18. The molecule has 1 fully saturated rings. The summed E-state index contributed by atoms with van der Waals surface area (Å²) in [7, 11) is -3.26. The SMILES string of the molecule is CC(C)C1CCN(S(=O)(=O)c2ccc(Br)s2)C1. The first-order valence-electron chi connectivity index (χ1n) is 5.66. The van der Waals surface area contributed by atoms with Gasteiger partial charge >= 0.3 is 0 Å². The van der Waals surface area contributed by atoms with Crippen molar-refractivity contribution >= 4 is 37.3 Å². The van der Waals surface area contributed by atoms with Gasteiger partial charge in [0.05, 0.1) is 3.79 Å². The minimum atomic E-state index is -3.26. The van der Waals surface area contributed by atoms with E-state index in [0.29, 0.717) is 29.1 Å². The molecule has 1 unspecified atom stereocenters. The van der Waals surface area contributed by atoms with E-state index in [-0.39, 0.29) is 0 Å². The lowest BCUT2D eigenvalue weighted by Crippen LogP contribution is -2.28. The largest absolute Gasteiger partial charge is 0.252 e. The van der Waals surface area contributed by atoms with Crippen LogP contribution >= 0.6 is 27.3 Å². The van der Waals surface area contributed by atoms with Crippen molar-refractivity contribution in [1.29, 1.82) is 0 Å². The maximum atomic E-state index is 12.3. The Morgan fingerprint density at radius 3 is 2.65 bits per heavy atom. The number of hydrogen-bond donors (Lipinski definition) is 0. The van der Waals surface area contributed by atoms with Crippen LogP contribution in [0.4, 0.5) is 0 Å². The molecule has 0 amide bonds. The van der Waals surface area contributed by atoms with Crippen LogP contribution < -0.4 is 0 Å². The Labute approximate surface area is 115 Å². The highest BCUT2D eigenvalue weighted by Crippen LogP contribution is 2.32. The molecular weight excluding hydrogens is 322 g/mol. The van der Waals surface area contributed by atoms with Crippen LogP contribution in [0, 0.1) is 11.8 Å². The smallest absolute Gasteiger partial charge is 0.206 e. The molecule has 0 aliphatic carbocycles. The van der Waals surface area contributed by atoms with Crippen LogP contribution in [0.15, 0.2) is 20.1 Å². The number of halogens is 1. The number of nitrogens with zero attached hydrogens (tertiary/aromatic N) is 1. The topological polar surface area (TPSA) is 37.4 Å². The molecule has 1 aromatic rings. The van der Waals surface area contributed by atoms with Crippen molar-refractivity contribution in [2.45, 2.75) is 24.5 Å². The third-order valence-electron chi connectivity index (χ3n) is 3.27. The van der Waals surface area contributed by atoms with Crippen LogP contribution in [-0.4, -0.2) is 25.8 Å². The molecule has 0 bridgehead atoms. The Kier molecular flexibility index (Phi) is 3.97. The van der Waals surface area contributed by atoms with Crippen molar-refractivity contribution in [3.63, 3.8) is 0 Å². The third-order valence-corrected chi connectivity index (χ3v) is 7.23. The van der Waals surface area contributed by atoms with Gasteiger partial charge in [-0.1, -0.05) is 13.8 Å². The van der Waals surface area contributed by atoms with Crippen molar-refractivity contribution in [2.24, 2.45) is 11.8 Å². The number of rotatable bonds is 3. The van der Waals surface area contributed by atoms with E-state index < -0.39 is 10.0 Å². The molecule has 2 rings (SSSR count). The maximum absolute atomic E-state index is 12.3. The summed E-state index contributed by atoms with van der Waals surface area (Å²) in [5, 5.41) is 0. The van der Waals surface area contributed by atoms with Crippen LogP contribution in [0.25, 0.3) is 0 Å². The second-order valence-corrected chi connectivity index (χ2v) is 9.34. The highest BCUT2D eigenvalue weighted by atomic mass is 79.9. The normalized spacial score (nSPS) is 22.5. The lowest BCUT2D eigenvalue weighted by atomic mass is 9.96. The predicted molar refractivity (Wildman–Crippen MR) is 73.7 cm³/mol. The highest BCUT2D eigenvalue weighted by Gasteiger charge is 2.34. The molecule has 0 N–H and O–H groups in total. The monoisotopic (exact) mass is 337 g/mol. The first-order chi connectivity index (χ1) is 7.91. The van der Waals surface area contributed by atoms with Gasteiger partial charge in [-0.05, 0) is 46.3 Å². The lowest BCUT2D eigenvalue weighted by Gasteiger charge is -2.17. The van der Waals surface area contributed by atoms with Gasteiger partial charge in [-0.2, -0.15) is 4.31 Å². The van der Waals surface area contributed by atoms with E-state index in [9.17, 15) is 8.42 Å². The van der Waals surface area contributed by atoms with E-state index >= 15 is 0 Å². The van der Waals surface area contributed by atoms with Gasteiger partial charge in [0.25, 0.3) is 10.0 Å². The molecule has 1 saturated heterocycles. The van der Waals surface area contributed by atoms with Crippen LogP contribution in [-0.2, 0) is 10.0 Å². The van der Waals surface area contributed by atoms with Gasteiger partial charge in [0.15, 0.2) is 0 Å². The number of sulfonamides is 1. The molecule has 17 heavy (non-hydrogen) atoms. The fourth-order valence-corrected chi connectivity index (χ4v) is 5.76. The Balaban J connectivity index is 2.18. The van der Waals surface area contributed by atoms with E-state index in [1.165, 1.54) is 11.3 Å². The Morgan fingerprint density at radius 1 is 1.47 bits per heavy atom. The van der Waals surface area contributed by atoms with Gasteiger partial charge in [0.1, 0.15) is 4.21 Å². The molecule has 1 aromatic heterocycles. The summed E-state index contributed by atoms with van der Waals surface area (Å²) < 4.78 is 27.6. The van der Waals surface area contributed by atoms with Gasteiger partial charge < -0.3 is 0 Å². The van der Waals surface area contributed by atoms with Crippen molar-refractivity contribution in [3.8, 4) is 0 Å². The molecule has 1 atom stereocenters. The molecule has 0 aromatic carbocycles. The summed E-state index contributed by atoms with van der Waals surface area (Å²) in [6.07, 6.45) is 0.976. The summed E-state index contributed by atoms with van der Waals surface area (Å²) in [5.41, 5.74) is 0. The minimum Gasteiger partial charge on any atom is -0.206 e. The summed E-state index contributed by atoms with van der Waals surface area (Å²) in [6, 6.07) is 3.46. The van der Waals surface area contributed by atoms with Crippen molar-refractivity contribution < 1.29 is 8.42 Å². The number of thiophene rings is 1. The third kappa shape index (κ3) is 2.75. The second-order valence-electron chi connectivity index (χ2n) is 4.71. The molecule has 1 aliphatic heterocycles. The van der Waals surface area contributed by atoms with Crippen LogP contribution in [0.1, 0.15) is 20.3 Å². The first kappa shape index (κ1) is 13.5. The van der Waals surface area contributed by atoms with Crippen molar-refractivity contribution in [3.05, 3.63) is 15.9 Å². The van der Waals surface area contributed by atoms with Crippen LogP contribution in [0.5, 0.6) is 0 Å². The standard InChI is InChI=1S/C11H16BrNO2S2/c1-8(2)9-5-6-13(7-9)17(14,15)11-4-3-10(12)16-11/h3-4,8-9H,5-7H2,1-2H3. The van der Waals surface area contributed by atoms with E-state index in [0.717, 1.165) is 10.2 Å². The second kappa shape index (κ2) is 4.99. The summed E-state index contributed by atoms with van der Waals surface area (Å²) >= 11 is 4.58. The van der Waals surface area contributed by atoms with Crippen molar-refractivity contribution in [2.75, 3.05) is 13.1 Å². The fraction of sp³-hybridized carbons (Fsp3) is 0.636. The van der Waals surface area contributed by atoms with E-state index in [1.54, 1.807) is 16.4 Å². The van der Waals surface area contributed by atoms with Crippen LogP contribution in [0.3, 0.4) is 0 Å². The molecule has 0 radical (unpaired) electrons. The van der Waals surface area contributed by atoms with Gasteiger partial charge in [-0.3, -0.25) is 0 Å². The van der Waals surface area contributed by atoms with E-state index in [4.69, 9.17) is 0 Å². The van der Waals surface area contributed by atoms with Gasteiger partial charge in [-0.25, -0.2) is 8.42 Å². The van der Waals surface area contributed by atoms with E-state index in [2.05, 4.69) is 29.8 Å². The zero-order chi connectivity index (χ0) is 12.6. The molecule has 96 valence electrons. The molecule has 0 spiro atoms. The minimum absolute atomic E-state index is 0.439. The molecule has 1 aliphatic rings. The summed E-state index contributed by atoms with van der Waals surface area (Å²) in [4.78, 5) is 0. The number of hydrogen-bond acceptors (Lipinski definition) is 3. The summed E-state index contributed by atoms with van der Waals surface area (Å²) in [6.45, 7) is 5.63. The molecule has 0 saturated carbocycles. The molecule has 2 heterocycles. The average molecular weight is 338 g/mol. The summed E-state index contributed by atoms with van der Waals surface area (Å²) in [5.74, 6) is 1.04. The average Bonchev–Trinajstić information content (AvgIpc) is 2.85. The Morgan fingerprint density at radius 2 is 2.18 bits per heavy atom. The molecule has 6 heteroatoms. The maximum Gasteiger partial charge on any atom is 0.252 e. The fourth-order valence-electron chi connectivity index (χ4n) is 2.08. The molecular formula is C11H16BrNO2S2. The highest BCUT2D eigenvalue weighted by molar-refractivity contribution is 9.11.